The quantitative estimate of drug-likeness (QED) is 0.535. The number of amides is 1. The molecular formula is C22H25N5O2. The van der Waals surface area contributed by atoms with Crippen LogP contribution in [0.25, 0.3) is 11.1 Å². The lowest BCUT2D eigenvalue weighted by atomic mass is 10.0. The molecule has 0 aliphatic heterocycles. The number of methoxy groups -OCH3 is 1. The number of nitrogens with one attached hydrogen (secondary N) is 2. The number of aryl methyl sites for hydroxylation is 2. The molecule has 1 aromatic carbocycles. The van der Waals surface area contributed by atoms with Gasteiger partial charge in [-0.05, 0) is 49.2 Å². The van der Waals surface area contributed by atoms with Crippen LogP contribution in [0.15, 0.2) is 48.8 Å². The van der Waals surface area contributed by atoms with Crippen LogP contribution in [-0.4, -0.2) is 36.1 Å². The highest BCUT2D eigenvalue weighted by atomic mass is 16.5. The van der Waals surface area contributed by atoms with Crippen molar-refractivity contribution < 1.29 is 9.53 Å². The Morgan fingerprint density at radius 3 is 2.59 bits per heavy atom. The van der Waals surface area contributed by atoms with E-state index in [0.717, 1.165) is 28.1 Å². The fourth-order valence-electron chi connectivity index (χ4n) is 2.99. The molecule has 4 N–H and O–H groups in total. The smallest absolute Gasteiger partial charge is 0.251 e. The molecule has 29 heavy (non-hydrogen) atoms. The summed E-state index contributed by atoms with van der Waals surface area (Å²) < 4.78 is 5.33. The van der Waals surface area contributed by atoms with Gasteiger partial charge in [-0.15, -0.1) is 0 Å². The summed E-state index contributed by atoms with van der Waals surface area (Å²) in [6.45, 7) is 4.97. The van der Waals surface area contributed by atoms with Gasteiger partial charge in [0, 0.05) is 42.3 Å². The van der Waals surface area contributed by atoms with E-state index in [1.54, 1.807) is 31.6 Å². The number of carbonyl (C=O) groups is 1. The molecule has 0 unspecified atom stereocenters. The van der Waals surface area contributed by atoms with E-state index in [-0.39, 0.29) is 5.91 Å². The average molecular weight is 391 g/mol. The molecular weight excluding hydrogens is 366 g/mol. The van der Waals surface area contributed by atoms with Crippen molar-refractivity contribution in [3.63, 3.8) is 0 Å². The summed E-state index contributed by atoms with van der Waals surface area (Å²) in [6.07, 6.45) is 3.54. The van der Waals surface area contributed by atoms with Gasteiger partial charge in [-0.1, -0.05) is 12.1 Å². The van der Waals surface area contributed by atoms with Gasteiger partial charge < -0.3 is 21.1 Å². The van der Waals surface area contributed by atoms with Crippen LogP contribution in [0.3, 0.4) is 0 Å². The first-order chi connectivity index (χ1) is 14.0. The van der Waals surface area contributed by atoms with E-state index in [1.807, 2.05) is 38.1 Å². The number of anilines is 2. The molecule has 0 aliphatic rings. The fraction of sp³-hybridized carbons (Fsp3) is 0.227. The number of ether oxygens (including phenoxy) is 1. The van der Waals surface area contributed by atoms with Gasteiger partial charge in [-0.2, -0.15) is 0 Å². The molecule has 2 aromatic heterocycles. The summed E-state index contributed by atoms with van der Waals surface area (Å²) in [4.78, 5) is 20.8. The van der Waals surface area contributed by atoms with Crippen LogP contribution in [-0.2, 0) is 0 Å². The van der Waals surface area contributed by atoms with Gasteiger partial charge in [0.1, 0.15) is 11.6 Å². The van der Waals surface area contributed by atoms with Crippen molar-refractivity contribution in [3.8, 4) is 16.9 Å². The van der Waals surface area contributed by atoms with Gasteiger partial charge in [0.15, 0.2) is 0 Å². The second kappa shape index (κ2) is 9.05. The number of nitrogens with two attached hydrogens (primary N) is 1. The number of hydrogen-bond acceptors (Lipinski definition) is 6. The lowest BCUT2D eigenvalue weighted by Crippen LogP contribution is -2.28. The fourth-order valence-corrected chi connectivity index (χ4v) is 2.99. The first kappa shape index (κ1) is 20.1. The molecule has 0 fully saturated rings. The lowest BCUT2D eigenvalue weighted by Gasteiger charge is -2.11. The number of carbonyl (C=O) groups excluding carboxylic acids is 1. The Bertz CT molecular complexity index is 1000. The van der Waals surface area contributed by atoms with Crippen molar-refractivity contribution in [1.29, 1.82) is 0 Å². The maximum atomic E-state index is 12.4. The van der Waals surface area contributed by atoms with Crippen LogP contribution in [0.5, 0.6) is 5.75 Å². The van der Waals surface area contributed by atoms with Gasteiger partial charge >= 0.3 is 0 Å². The number of pyridine rings is 2. The highest BCUT2D eigenvalue weighted by molar-refractivity contribution is 5.94. The third-order valence-corrected chi connectivity index (χ3v) is 4.62. The molecule has 3 aromatic rings. The summed E-state index contributed by atoms with van der Waals surface area (Å²) >= 11 is 0. The molecule has 0 bridgehead atoms. The van der Waals surface area contributed by atoms with Crippen molar-refractivity contribution in [2.75, 3.05) is 31.2 Å². The zero-order valence-corrected chi connectivity index (χ0v) is 16.8. The molecule has 0 aliphatic carbocycles. The van der Waals surface area contributed by atoms with E-state index in [0.29, 0.717) is 30.2 Å². The molecule has 0 saturated heterocycles. The van der Waals surface area contributed by atoms with Gasteiger partial charge in [0.2, 0.25) is 0 Å². The summed E-state index contributed by atoms with van der Waals surface area (Å²) in [5.74, 6) is 0.975. The molecule has 7 heteroatoms. The summed E-state index contributed by atoms with van der Waals surface area (Å²) in [5.41, 5.74) is 11.1. The standard InChI is InChI=1S/C22H25N5O2/c1-14-13-24-9-8-19(14)25-10-11-26-22(28)17-6-4-16(5-7-17)18-12-20(29-3)15(2)27-21(18)23/h4-9,12-13H,10-11H2,1-3H3,(H2,23,27)(H,24,25)(H,26,28). The molecule has 7 nitrogen and oxygen atoms in total. The van der Waals surface area contributed by atoms with Crippen LogP contribution < -0.4 is 21.1 Å². The highest BCUT2D eigenvalue weighted by Crippen LogP contribution is 2.30. The lowest BCUT2D eigenvalue weighted by molar-refractivity contribution is 0.0955. The monoisotopic (exact) mass is 391 g/mol. The Hall–Kier alpha value is -3.61. The van der Waals surface area contributed by atoms with Crippen molar-refractivity contribution in [3.05, 3.63) is 65.6 Å². The van der Waals surface area contributed by atoms with Crippen molar-refractivity contribution in [2.24, 2.45) is 0 Å². The topological polar surface area (TPSA) is 102 Å². The molecule has 2 heterocycles. The molecule has 3 rings (SSSR count). The molecule has 1 amide bonds. The molecule has 0 saturated carbocycles. The Kier molecular flexibility index (Phi) is 6.29. The Labute approximate surface area is 170 Å². The van der Waals surface area contributed by atoms with Crippen molar-refractivity contribution in [2.45, 2.75) is 13.8 Å². The minimum Gasteiger partial charge on any atom is -0.495 e. The predicted molar refractivity (Wildman–Crippen MR) is 115 cm³/mol. The van der Waals surface area contributed by atoms with E-state index in [9.17, 15) is 4.79 Å². The SMILES string of the molecule is COc1cc(-c2ccc(C(=O)NCCNc3ccncc3C)cc2)c(N)nc1C. The minimum absolute atomic E-state index is 0.127. The number of rotatable bonds is 7. The van der Waals surface area contributed by atoms with Gasteiger partial charge in [-0.25, -0.2) is 4.98 Å². The zero-order chi connectivity index (χ0) is 20.8. The predicted octanol–water partition coefficient (Wildman–Crippen LogP) is 3.19. The number of hydrogen-bond donors (Lipinski definition) is 3. The zero-order valence-electron chi connectivity index (χ0n) is 16.8. The summed E-state index contributed by atoms with van der Waals surface area (Å²) in [5, 5.41) is 6.20. The number of benzene rings is 1. The molecule has 0 spiro atoms. The van der Waals surface area contributed by atoms with E-state index >= 15 is 0 Å². The van der Waals surface area contributed by atoms with E-state index < -0.39 is 0 Å². The first-order valence-corrected chi connectivity index (χ1v) is 9.34. The maximum Gasteiger partial charge on any atom is 0.251 e. The Morgan fingerprint density at radius 1 is 1.14 bits per heavy atom. The molecule has 150 valence electrons. The maximum absolute atomic E-state index is 12.4. The highest BCUT2D eigenvalue weighted by Gasteiger charge is 2.11. The van der Waals surface area contributed by atoms with Crippen molar-refractivity contribution in [1.82, 2.24) is 15.3 Å². The minimum atomic E-state index is -0.127. The van der Waals surface area contributed by atoms with Crippen molar-refractivity contribution >= 4 is 17.4 Å². The van der Waals surface area contributed by atoms with Crippen LogP contribution >= 0.6 is 0 Å². The summed E-state index contributed by atoms with van der Waals surface area (Å²) in [6, 6.07) is 11.0. The molecule has 0 atom stereocenters. The van der Waals surface area contributed by atoms with E-state index in [4.69, 9.17) is 10.5 Å². The second-order valence-electron chi connectivity index (χ2n) is 6.66. The van der Waals surface area contributed by atoms with Crippen LogP contribution in [0, 0.1) is 13.8 Å². The normalized spacial score (nSPS) is 10.4. The van der Waals surface area contributed by atoms with Crippen LogP contribution in [0.4, 0.5) is 11.5 Å². The average Bonchev–Trinajstić information content (AvgIpc) is 2.72. The van der Waals surface area contributed by atoms with Gasteiger partial charge in [-0.3, -0.25) is 9.78 Å². The first-order valence-electron chi connectivity index (χ1n) is 9.34. The van der Waals surface area contributed by atoms with Gasteiger partial charge in [0.25, 0.3) is 5.91 Å². The Balaban J connectivity index is 1.60. The van der Waals surface area contributed by atoms with Gasteiger partial charge in [0.05, 0.1) is 12.8 Å². The number of nitrogens with zero attached hydrogens (tertiary/aromatic N) is 2. The van der Waals surface area contributed by atoms with Crippen LogP contribution in [0.2, 0.25) is 0 Å². The second-order valence-corrected chi connectivity index (χ2v) is 6.66. The molecule has 0 radical (unpaired) electrons. The summed E-state index contributed by atoms with van der Waals surface area (Å²) in [7, 11) is 1.60. The third-order valence-electron chi connectivity index (χ3n) is 4.62. The third kappa shape index (κ3) is 4.82. The van der Waals surface area contributed by atoms with E-state index in [1.165, 1.54) is 0 Å². The largest absolute Gasteiger partial charge is 0.495 e. The number of nitrogen functional groups attached to an aromatic ring is 1. The van der Waals surface area contributed by atoms with E-state index in [2.05, 4.69) is 20.6 Å². The Morgan fingerprint density at radius 2 is 1.90 bits per heavy atom. The van der Waals surface area contributed by atoms with Crippen LogP contribution in [0.1, 0.15) is 21.6 Å². The number of aromatic nitrogens is 2.